The van der Waals surface area contributed by atoms with Crippen LogP contribution in [0.15, 0.2) is 0 Å². The van der Waals surface area contributed by atoms with Gasteiger partial charge in [0.05, 0.1) is 6.42 Å². The average Bonchev–Trinajstić information content (AvgIpc) is 2.25. The summed E-state index contributed by atoms with van der Waals surface area (Å²) in [5.74, 6) is -0.246. The van der Waals surface area contributed by atoms with E-state index < -0.39 is 12.6 Å². The molecule has 0 aliphatic heterocycles. The van der Waals surface area contributed by atoms with E-state index in [0.717, 1.165) is 19.3 Å². The first kappa shape index (κ1) is 17.6. The van der Waals surface area contributed by atoms with E-state index in [1.807, 2.05) is 6.92 Å². The summed E-state index contributed by atoms with van der Waals surface area (Å²) in [5.41, 5.74) is 0. The van der Waals surface area contributed by atoms with Gasteiger partial charge in [-0.3, -0.25) is 4.79 Å². The van der Waals surface area contributed by atoms with Crippen molar-refractivity contribution in [3.05, 3.63) is 0 Å². The summed E-state index contributed by atoms with van der Waals surface area (Å²) in [5, 5.41) is -0.0949. The molecule has 0 aromatic rings. The Hall–Kier alpha value is -0.390. The van der Waals surface area contributed by atoms with Crippen LogP contribution >= 0.6 is 11.8 Å². The molecule has 6 heteroatoms. The maximum Gasteiger partial charge on any atom is 0.389 e. The zero-order valence-corrected chi connectivity index (χ0v) is 11.7. The molecule has 108 valence electrons. The van der Waals surface area contributed by atoms with Gasteiger partial charge in [-0.2, -0.15) is 24.9 Å². The second kappa shape index (κ2) is 9.53. The van der Waals surface area contributed by atoms with Gasteiger partial charge in [0.2, 0.25) is 0 Å². The SMILES string of the molecule is CCCCCC(=O)OCC(C)SCCC(F)(F)F. The molecule has 0 amide bonds. The lowest BCUT2D eigenvalue weighted by atomic mass is 10.2. The first-order chi connectivity index (χ1) is 8.35. The predicted octanol–water partition coefficient (Wildman–Crippen LogP) is 4.18. The maximum absolute atomic E-state index is 11.9. The Morgan fingerprint density at radius 1 is 1.33 bits per heavy atom. The predicted molar refractivity (Wildman–Crippen MR) is 67.7 cm³/mol. The Morgan fingerprint density at radius 3 is 2.56 bits per heavy atom. The van der Waals surface area contributed by atoms with Gasteiger partial charge in [0.1, 0.15) is 6.61 Å². The zero-order chi connectivity index (χ0) is 14.0. The van der Waals surface area contributed by atoms with E-state index in [2.05, 4.69) is 0 Å². The lowest BCUT2D eigenvalue weighted by molar-refractivity contribution is -0.143. The van der Waals surface area contributed by atoms with E-state index in [1.54, 1.807) is 6.92 Å². The summed E-state index contributed by atoms with van der Waals surface area (Å²) < 4.78 is 40.7. The van der Waals surface area contributed by atoms with Gasteiger partial charge in [0.25, 0.3) is 0 Å². The van der Waals surface area contributed by atoms with Gasteiger partial charge in [-0.15, -0.1) is 0 Å². The molecule has 0 heterocycles. The summed E-state index contributed by atoms with van der Waals surface area (Å²) in [4.78, 5) is 11.2. The third-order valence-electron chi connectivity index (χ3n) is 2.25. The molecule has 0 rings (SSSR count). The quantitative estimate of drug-likeness (QED) is 0.470. The smallest absolute Gasteiger partial charge is 0.389 e. The van der Waals surface area contributed by atoms with Crippen molar-refractivity contribution in [3.63, 3.8) is 0 Å². The van der Waals surface area contributed by atoms with Crippen molar-refractivity contribution in [1.82, 2.24) is 0 Å². The fourth-order valence-electron chi connectivity index (χ4n) is 1.23. The summed E-state index contributed by atoms with van der Waals surface area (Å²) in [6.45, 7) is 4.00. The van der Waals surface area contributed by atoms with Crippen LogP contribution in [0, 0.1) is 0 Å². The third kappa shape index (κ3) is 12.1. The van der Waals surface area contributed by atoms with Crippen molar-refractivity contribution in [3.8, 4) is 0 Å². The molecular formula is C12H21F3O2S. The number of carbonyl (C=O) groups excluding carboxylic acids is 1. The van der Waals surface area contributed by atoms with Crippen LogP contribution in [-0.4, -0.2) is 29.8 Å². The first-order valence-electron chi connectivity index (χ1n) is 6.19. The number of halogens is 3. The lowest BCUT2D eigenvalue weighted by Gasteiger charge is -2.12. The van der Waals surface area contributed by atoms with Crippen LogP contribution < -0.4 is 0 Å². The summed E-state index contributed by atoms with van der Waals surface area (Å²) in [7, 11) is 0. The molecule has 0 aromatic carbocycles. The molecule has 0 aromatic heterocycles. The summed E-state index contributed by atoms with van der Waals surface area (Å²) in [6, 6.07) is 0. The van der Waals surface area contributed by atoms with E-state index in [-0.39, 0.29) is 23.6 Å². The highest BCUT2D eigenvalue weighted by atomic mass is 32.2. The number of rotatable bonds is 9. The monoisotopic (exact) mass is 286 g/mol. The van der Waals surface area contributed by atoms with Crippen LogP contribution in [0.5, 0.6) is 0 Å². The van der Waals surface area contributed by atoms with E-state index in [0.29, 0.717) is 6.42 Å². The number of hydrogen-bond donors (Lipinski definition) is 0. The van der Waals surface area contributed by atoms with Gasteiger partial charge in [-0.05, 0) is 13.3 Å². The molecule has 0 saturated heterocycles. The molecule has 0 fully saturated rings. The highest BCUT2D eigenvalue weighted by Crippen LogP contribution is 2.23. The third-order valence-corrected chi connectivity index (χ3v) is 3.40. The van der Waals surface area contributed by atoms with Crippen LogP contribution in [0.2, 0.25) is 0 Å². The van der Waals surface area contributed by atoms with Gasteiger partial charge >= 0.3 is 12.1 Å². The Kier molecular flexibility index (Phi) is 9.32. The van der Waals surface area contributed by atoms with Crippen LogP contribution in [-0.2, 0) is 9.53 Å². The molecule has 0 radical (unpaired) electrons. The van der Waals surface area contributed by atoms with Crippen molar-refractivity contribution >= 4 is 17.7 Å². The number of thioether (sulfide) groups is 1. The number of alkyl halides is 3. The van der Waals surface area contributed by atoms with Crippen molar-refractivity contribution in [2.24, 2.45) is 0 Å². The lowest BCUT2D eigenvalue weighted by Crippen LogP contribution is -2.15. The highest BCUT2D eigenvalue weighted by Gasteiger charge is 2.26. The van der Waals surface area contributed by atoms with Crippen LogP contribution in [0.3, 0.4) is 0 Å². The second-order valence-electron chi connectivity index (χ2n) is 4.19. The van der Waals surface area contributed by atoms with Crippen LogP contribution in [0.4, 0.5) is 13.2 Å². The Bertz CT molecular complexity index is 232. The van der Waals surface area contributed by atoms with Gasteiger partial charge in [0.15, 0.2) is 0 Å². The van der Waals surface area contributed by atoms with Crippen molar-refractivity contribution < 1.29 is 22.7 Å². The topological polar surface area (TPSA) is 26.3 Å². The van der Waals surface area contributed by atoms with E-state index in [4.69, 9.17) is 4.74 Å². The highest BCUT2D eigenvalue weighted by molar-refractivity contribution is 7.99. The first-order valence-corrected chi connectivity index (χ1v) is 7.24. The molecule has 1 unspecified atom stereocenters. The Labute approximate surface area is 111 Å². The normalized spacial score (nSPS) is 13.4. The van der Waals surface area contributed by atoms with Gasteiger partial charge in [-0.1, -0.05) is 19.8 Å². The van der Waals surface area contributed by atoms with E-state index >= 15 is 0 Å². The largest absolute Gasteiger partial charge is 0.465 e. The van der Waals surface area contributed by atoms with Crippen molar-refractivity contribution in [2.75, 3.05) is 12.4 Å². The summed E-state index contributed by atoms with van der Waals surface area (Å²) in [6.07, 6.45) is -1.67. The fraction of sp³-hybridized carbons (Fsp3) is 0.917. The van der Waals surface area contributed by atoms with Crippen LogP contribution in [0.1, 0.15) is 46.0 Å². The molecule has 0 N–H and O–H groups in total. The number of unbranched alkanes of at least 4 members (excludes halogenated alkanes) is 2. The minimum absolute atomic E-state index is 0.0120. The minimum atomic E-state index is -4.11. The summed E-state index contributed by atoms with van der Waals surface area (Å²) >= 11 is 1.18. The molecule has 2 nitrogen and oxygen atoms in total. The van der Waals surface area contributed by atoms with Gasteiger partial charge < -0.3 is 4.74 Å². The van der Waals surface area contributed by atoms with Crippen LogP contribution in [0.25, 0.3) is 0 Å². The molecule has 18 heavy (non-hydrogen) atoms. The number of carbonyl (C=O) groups is 1. The molecule has 1 atom stereocenters. The number of ether oxygens (including phenoxy) is 1. The minimum Gasteiger partial charge on any atom is -0.465 e. The van der Waals surface area contributed by atoms with Gasteiger partial charge in [-0.25, -0.2) is 0 Å². The molecule has 0 saturated carbocycles. The molecule has 0 spiro atoms. The molecule has 0 aliphatic carbocycles. The Balaban J connectivity index is 3.52. The fourth-order valence-corrected chi connectivity index (χ4v) is 2.14. The van der Waals surface area contributed by atoms with Gasteiger partial charge in [0, 0.05) is 17.4 Å². The van der Waals surface area contributed by atoms with E-state index in [1.165, 1.54) is 11.8 Å². The molecule has 0 bridgehead atoms. The number of hydrogen-bond acceptors (Lipinski definition) is 3. The maximum atomic E-state index is 11.9. The molecular weight excluding hydrogens is 265 g/mol. The second-order valence-corrected chi connectivity index (χ2v) is 5.73. The number of esters is 1. The zero-order valence-electron chi connectivity index (χ0n) is 10.9. The van der Waals surface area contributed by atoms with E-state index in [9.17, 15) is 18.0 Å². The van der Waals surface area contributed by atoms with Crippen molar-refractivity contribution in [2.45, 2.75) is 57.4 Å². The average molecular weight is 286 g/mol. The standard InChI is InChI=1S/C12H21F3O2S/c1-3-4-5-6-11(16)17-9-10(2)18-8-7-12(13,14)15/h10H,3-9H2,1-2H3. The van der Waals surface area contributed by atoms with Crippen molar-refractivity contribution in [1.29, 1.82) is 0 Å². The Morgan fingerprint density at radius 2 is 2.00 bits per heavy atom. The molecule has 0 aliphatic rings.